The molecule has 3 aromatic rings. The van der Waals surface area contributed by atoms with E-state index >= 15 is 0 Å². The molecule has 1 aliphatic rings. The van der Waals surface area contributed by atoms with E-state index in [4.69, 9.17) is 5.10 Å². The van der Waals surface area contributed by atoms with Crippen molar-refractivity contribution in [3.8, 4) is 5.69 Å². The zero-order valence-corrected chi connectivity index (χ0v) is 16.4. The second-order valence-corrected chi connectivity index (χ2v) is 8.36. The van der Waals surface area contributed by atoms with Crippen LogP contribution in [0, 0.1) is 20.8 Å². The van der Waals surface area contributed by atoms with Gasteiger partial charge in [-0.25, -0.2) is 4.68 Å². The Bertz CT molecular complexity index is 1090. The molecule has 27 heavy (non-hydrogen) atoms. The molecule has 5 nitrogen and oxygen atoms in total. The van der Waals surface area contributed by atoms with Gasteiger partial charge in [-0.2, -0.15) is 5.10 Å². The van der Waals surface area contributed by atoms with Crippen molar-refractivity contribution >= 4 is 22.5 Å². The summed E-state index contributed by atoms with van der Waals surface area (Å²) in [5.41, 5.74) is 6.39. The normalized spacial score (nSPS) is 15.6. The molecular formula is C21H21N3O2S. The van der Waals surface area contributed by atoms with Crippen LogP contribution in [0.25, 0.3) is 5.69 Å². The molecule has 1 N–H and O–H groups in total. The summed E-state index contributed by atoms with van der Waals surface area (Å²) in [7, 11) is -0.964. The van der Waals surface area contributed by atoms with Crippen LogP contribution in [-0.4, -0.2) is 19.9 Å². The molecule has 0 spiro atoms. The lowest BCUT2D eigenvalue weighted by molar-refractivity contribution is 0.102. The van der Waals surface area contributed by atoms with E-state index < -0.39 is 10.8 Å². The van der Waals surface area contributed by atoms with Gasteiger partial charge in [0.2, 0.25) is 0 Å². The highest BCUT2D eigenvalue weighted by Gasteiger charge is 2.29. The fraction of sp³-hybridized carbons (Fsp3) is 0.238. The number of fused-ring (bicyclic) bond motifs is 1. The van der Waals surface area contributed by atoms with E-state index in [-0.39, 0.29) is 5.91 Å². The van der Waals surface area contributed by atoms with E-state index in [0.717, 1.165) is 33.6 Å². The van der Waals surface area contributed by atoms with Crippen LogP contribution in [0.5, 0.6) is 0 Å². The molecule has 0 bridgehead atoms. The Labute approximate surface area is 160 Å². The molecule has 1 amide bonds. The van der Waals surface area contributed by atoms with Gasteiger partial charge < -0.3 is 5.32 Å². The number of benzene rings is 2. The van der Waals surface area contributed by atoms with Gasteiger partial charge >= 0.3 is 0 Å². The van der Waals surface area contributed by atoms with Gasteiger partial charge in [0, 0.05) is 21.9 Å². The van der Waals surface area contributed by atoms with Crippen LogP contribution in [0.2, 0.25) is 0 Å². The highest BCUT2D eigenvalue weighted by atomic mass is 32.2. The van der Waals surface area contributed by atoms with Gasteiger partial charge in [-0.15, -0.1) is 0 Å². The molecule has 0 radical (unpaired) electrons. The zero-order valence-electron chi connectivity index (χ0n) is 15.6. The summed E-state index contributed by atoms with van der Waals surface area (Å²) in [5, 5.41) is 7.73. The predicted octanol–water partition coefficient (Wildman–Crippen LogP) is 3.81. The van der Waals surface area contributed by atoms with Gasteiger partial charge in [0.25, 0.3) is 5.91 Å². The molecule has 2 aromatic carbocycles. The summed E-state index contributed by atoms with van der Waals surface area (Å²) in [6.45, 7) is 6.01. The Kier molecular flexibility index (Phi) is 4.44. The molecule has 0 saturated heterocycles. The third-order valence-corrected chi connectivity index (χ3v) is 6.30. The highest BCUT2D eigenvalue weighted by Crippen LogP contribution is 2.33. The predicted molar refractivity (Wildman–Crippen MR) is 108 cm³/mol. The van der Waals surface area contributed by atoms with Crippen molar-refractivity contribution in [2.24, 2.45) is 0 Å². The average Bonchev–Trinajstić information content (AvgIpc) is 3.15. The van der Waals surface area contributed by atoms with Crippen LogP contribution in [0.3, 0.4) is 0 Å². The molecule has 1 aromatic heterocycles. The minimum Gasteiger partial charge on any atom is -0.306 e. The molecule has 0 fully saturated rings. The number of amides is 1. The molecule has 6 heteroatoms. The summed E-state index contributed by atoms with van der Waals surface area (Å²) < 4.78 is 13.8. The number of rotatable bonds is 3. The van der Waals surface area contributed by atoms with Crippen molar-refractivity contribution in [3.63, 3.8) is 0 Å². The van der Waals surface area contributed by atoms with Crippen LogP contribution >= 0.6 is 0 Å². The van der Waals surface area contributed by atoms with Crippen LogP contribution in [-0.2, 0) is 22.3 Å². The van der Waals surface area contributed by atoms with Gasteiger partial charge in [-0.3, -0.25) is 9.00 Å². The second kappa shape index (κ2) is 6.78. The van der Waals surface area contributed by atoms with Crippen molar-refractivity contribution in [2.45, 2.75) is 32.3 Å². The molecular weight excluding hydrogens is 358 g/mol. The van der Waals surface area contributed by atoms with E-state index in [0.29, 0.717) is 22.9 Å². The summed E-state index contributed by atoms with van der Waals surface area (Å²) in [4.78, 5) is 12.9. The number of aryl methyl sites for hydroxylation is 2. The van der Waals surface area contributed by atoms with Gasteiger partial charge in [-0.05, 0) is 49.6 Å². The van der Waals surface area contributed by atoms with Gasteiger partial charge in [0.1, 0.15) is 5.82 Å². The standard InChI is InChI=1S/C21H21N3O2S/c1-13-8-6-10-19(15(13)3)24-20(17-11-27(26)12-18(17)23-24)22-21(25)16-9-5-4-7-14(16)2/h4-10H,11-12H2,1-3H3,(H,22,25)/t27-/m1/s1. The molecule has 1 aliphatic heterocycles. The largest absolute Gasteiger partial charge is 0.306 e. The first-order valence-electron chi connectivity index (χ1n) is 8.85. The Hall–Kier alpha value is -2.73. The fourth-order valence-corrected chi connectivity index (χ4v) is 4.66. The number of anilines is 1. The maximum atomic E-state index is 12.9. The fourth-order valence-electron chi connectivity index (χ4n) is 3.40. The Morgan fingerprint density at radius 2 is 1.78 bits per heavy atom. The number of nitrogens with zero attached hydrogens (tertiary/aromatic N) is 2. The number of aromatic nitrogens is 2. The second-order valence-electron chi connectivity index (χ2n) is 6.90. The number of nitrogens with one attached hydrogen (secondary N) is 1. The summed E-state index contributed by atoms with van der Waals surface area (Å²) in [5.74, 6) is 1.29. The van der Waals surface area contributed by atoms with Crippen LogP contribution in [0.15, 0.2) is 42.5 Å². The van der Waals surface area contributed by atoms with Crippen molar-refractivity contribution in [1.29, 1.82) is 0 Å². The molecule has 1 atom stereocenters. The summed E-state index contributed by atoms with van der Waals surface area (Å²) >= 11 is 0. The monoisotopic (exact) mass is 379 g/mol. The van der Waals surface area contributed by atoms with Gasteiger partial charge in [0.15, 0.2) is 0 Å². The van der Waals surface area contributed by atoms with Crippen LogP contribution < -0.4 is 5.32 Å². The van der Waals surface area contributed by atoms with Gasteiger partial charge in [0.05, 0.1) is 22.9 Å². The molecule has 4 rings (SSSR count). The van der Waals surface area contributed by atoms with Crippen molar-refractivity contribution in [2.75, 3.05) is 5.32 Å². The first-order chi connectivity index (χ1) is 13.0. The van der Waals surface area contributed by atoms with Crippen molar-refractivity contribution < 1.29 is 9.00 Å². The van der Waals surface area contributed by atoms with E-state index in [1.54, 1.807) is 4.68 Å². The van der Waals surface area contributed by atoms with Crippen LogP contribution in [0.4, 0.5) is 5.82 Å². The number of carbonyl (C=O) groups is 1. The molecule has 138 valence electrons. The van der Waals surface area contributed by atoms with E-state index in [2.05, 4.69) is 18.3 Å². The topological polar surface area (TPSA) is 64.0 Å². The Morgan fingerprint density at radius 1 is 1.04 bits per heavy atom. The number of carbonyl (C=O) groups excluding carboxylic acids is 1. The number of hydrogen-bond donors (Lipinski definition) is 1. The first-order valence-corrected chi connectivity index (χ1v) is 10.3. The highest BCUT2D eigenvalue weighted by molar-refractivity contribution is 7.83. The van der Waals surface area contributed by atoms with Crippen LogP contribution in [0.1, 0.15) is 38.3 Å². The third kappa shape index (κ3) is 3.10. The Morgan fingerprint density at radius 3 is 2.56 bits per heavy atom. The molecule has 0 saturated carbocycles. The van der Waals surface area contributed by atoms with E-state index in [1.165, 1.54) is 0 Å². The zero-order chi connectivity index (χ0) is 19.1. The lowest BCUT2D eigenvalue weighted by Gasteiger charge is -2.14. The molecule has 2 heterocycles. The summed E-state index contributed by atoms with van der Waals surface area (Å²) in [6, 6.07) is 13.5. The Balaban J connectivity index is 1.82. The van der Waals surface area contributed by atoms with E-state index in [9.17, 15) is 9.00 Å². The van der Waals surface area contributed by atoms with Crippen molar-refractivity contribution in [1.82, 2.24) is 9.78 Å². The maximum Gasteiger partial charge on any atom is 0.257 e. The number of hydrogen-bond acceptors (Lipinski definition) is 3. The molecule has 0 unspecified atom stereocenters. The average molecular weight is 379 g/mol. The minimum absolute atomic E-state index is 0.181. The van der Waals surface area contributed by atoms with Gasteiger partial charge in [-0.1, -0.05) is 30.3 Å². The molecule has 0 aliphatic carbocycles. The smallest absolute Gasteiger partial charge is 0.257 e. The van der Waals surface area contributed by atoms with E-state index in [1.807, 2.05) is 50.2 Å². The first kappa shape index (κ1) is 17.7. The summed E-state index contributed by atoms with van der Waals surface area (Å²) in [6.07, 6.45) is 0. The third-order valence-electron chi connectivity index (χ3n) is 5.10. The lowest BCUT2D eigenvalue weighted by atomic mass is 10.1. The SMILES string of the molecule is Cc1ccccc1C(=O)Nc1c2c(nn1-c1cccc(C)c1C)C[S@](=O)C2. The minimum atomic E-state index is -0.964. The quantitative estimate of drug-likeness (QED) is 0.753. The maximum absolute atomic E-state index is 12.9. The lowest BCUT2D eigenvalue weighted by Crippen LogP contribution is -2.18. The van der Waals surface area contributed by atoms with Crippen molar-refractivity contribution in [3.05, 3.63) is 76.0 Å².